The lowest BCUT2D eigenvalue weighted by Crippen LogP contribution is -2.31. The Balaban J connectivity index is 1.79. The fourth-order valence-corrected chi connectivity index (χ4v) is 2.98. The van der Waals surface area contributed by atoms with E-state index < -0.39 is 10.7 Å². The molecular weight excluding hydrogens is 316 g/mol. The van der Waals surface area contributed by atoms with Gasteiger partial charge in [0.1, 0.15) is 17.3 Å². The van der Waals surface area contributed by atoms with Gasteiger partial charge < -0.3 is 9.80 Å². The van der Waals surface area contributed by atoms with E-state index in [2.05, 4.69) is 4.90 Å². The van der Waals surface area contributed by atoms with Gasteiger partial charge in [0.05, 0.1) is 11.0 Å². The first-order chi connectivity index (χ1) is 11.5. The second-order valence-corrected chi connectivity index (χ2v) is 5.69. The molecule has 1 saturated heterocycles. The highest BCUT2D eigenvalue weighted by Gasteiger charge is 2.23. The Morgan fingerprint density at radius 1 is 0.875 bits per heavy atom. The van der Waals surface area contributed by atoms with Crippen LogP contribution in [0.25, 0.3) is 0 Å². The zero-order valence-corrected chi connectivity index (χ0v) is 13.0. The lowest BCUT2D eigenvalue weighted by molar-refractivity contribution is -0.384. The first kappa shape index (κ1) is 16.2. The van der Waals surface area contributed by atoms with Crippen LogP contribution in [0.4, 0.5) is 25.8 Å². The maximum atomic E-state index is 13.3. The molecule has 3 rings (SSSR count). The number of benzene rings is 2. The maximum absolute atomic E-state index is 13.3. The van der Waals surface area contributed by atoms with Gasteiger partial charge in [-0.05, 0) is 42.8 Å². The Kier molecular flexibility index (Phi) is 4.59. The van der Waals surface area contributed by atoms with Gasteiger partial charge in [0.25, 0.3) is 5.69 Å². The Hall–Kier alpha value is -2.70. The minimum absolute atomic E-state index is 0.217. The molecule has 0 amide bonds. The molecule has 1 fully saturated rings. The first-order valence-corrected chi connectivity index (χ1v) is 7.74. The maximum Gasteiger partial charge on any atom is 0.295 e. The summed E-state index contributed by atoms with van der Waals surface area (Å²) in [6.07, 6.45) is 0.798. The van der Waals surface area contributed by atoms with Crippen molar-refractivity contribution in [3.05, 3.63) is 64.2 Å². The predicted molar refractivity (Wildman–Crippen MR) is 88.5 cm³/mol. The van der Waals surface area contributed by atoms with Crippen molar-refractivity contribution in [3.8, 4) is 0 Å². The molecule has 0 unspecified atom stereocenters. The number of nitrogens with zero attached hydrogens (tertiary/aromatic N) is 3. The molecule has 126 valence electrons. The topological polar surface area (TPSA) is 49.6 Å². The molecule has 0 saturated carbocycles. The summed E-state index contributed by atoms with van der Waals surface area (Å²) in [7, 11) is 0. The SMILES string of the molecule is O=[N+]([O-])c1cc(F)ccc1N1CCCN(c2ccc(F)cc2)CC1. The van der Waals surface area contributed by atoms with Crippen molar-refractivity contribution in [3.63, 3.8) is 0 Å². The van der Waals surface area contributed by atoms with E-state index in [1.54, 1.807) is 12.1 Å². The lowest BCUT2D eigenvalue weighted by atomic mass is 10.2. The molecule has 1 aliphatic heterocycles. The molecule has 0 bridgehead atoms. The fraction of sp³-hybridized carbons (Fsp3) is 0.294. The van der Waals surface area contributed by atoms with Gasteiger partial charge in [0.15, 0.2) is 0 Å². The standard InChI is InChI=1S/C17H17F2N3O2/c18-13-2-5-15(6-3-13)20-8-1-9-21(11-10-20)16-7-4-14(19)12-17(16)22(23)24/h2-7,12H,1,8-11H2. The van der Waals surface area contributed by atoms with Gasteiger partial charge in [-0.15, -0.1) is 0 Å². The number of nitro groups is 1. The van der Waals surface area contributed by atoms with E-state index in [4.69, 9.17) is 0 Å². The molecule has 0 N–H and O–H groups in total. The second kappa shape index (κ2) is 6.82. The van der Waals surface area contributed by atoms with E-state index in [0.717, 1.165) is 24.7 Å². The van der Waals surface area contributed by atoms with Crippen LogP contribution >= 0.6 is 0 Å². The van der Waals surface area contributed by atoms with Crippen molar-refractivity contribution in [2.24, 2.45) is 0 Å². The van der Waals surface area contributed by atoms with Crippen LogP contribution in [-0.2, 0) is 0 Å². The summed E-state index contributed by atoms with van der Waals surface area (Å²) in [5.41, 5.74) is 1.14. The zero-order chi connectivity index (χ0) is 17.1. The quantitative estimate of drug-likeness (QED) is 0.636. The average molecular weight is 333 g/mol. The number of rotatable bonds is 3. The number of halogens is 2. The van der Waals surface area contributed by atoms with Gasteiger partial charge in [-0.1, -0.05) is 0 Å². The minimum Gasteiger partial charge on any atom is -0.370 e. The molecule has 0 atom stereocenters. The van der Waals surface area contributed by atoms with Crippen molar-refractivity contribution in [2.75, 3.05) is 36.0 Å². The van der Waals surface area contributed by atoms with Gasteiger partial charge in [-0.2, -0.15) is 0 Å². The van der Waals surface area contributed by atoms with Crippen LogP contribution in [0.15, 0.2) is 42.5 Å². The molecular formula is C17H17F2N3O2. The van der Waals surface area contributed by atoms with Crippen molar-refractivity contribution >= 4 is 17.1 Å². The van der Waals surface area contributed by atoms with E-state index in [0.29, 0.717) is 25.3 Å². The second-order valence-electron chi connectivity index (χ2n) is 5.69. The molecule has 2 aromatic rings. The molecule has 24 heavy (non-hydrogen) atoms. The molecule has 5 nitrogen and oxygen atoms in total. The Morgan fingerprint density at radius 3 is 2.21 bits per heavy atom. The third kappa shape index (κ3) is 3.45. The summed E-state index contributed by atoms with van der Waals surface area (Å²) in [5.74, 6) is -0.898. The van der Waals surface area contributed by atoms with E-state index in [-0.39, 0.29) is 11.5 Å². The van der Waals surface area contributed by atoms with Crippen LogP contribution in [-0.4, -0.2) is 31.1 Å². The van der Waals surface area contributed by atoms with Gasteiger partial charge in [0.2, 0.25) is 0 Å². The van der Waals surface area contributed by atoms with E-state index in [1.165, 1.54) is 24.3 Å². The third-order valence-corrected chi connectivity index (χ3v) is 4.16. The summed E-state index contributed by atoms with van der Waals surface area (Å²) in [6.45, 7) is 2.64. The van der Waals surface area contributed by atoms with Crippen molar-refractivity contribution in [1.82, 2.24) is 0 Å². The normalized spacial score (nSPS) is 15.2. The molecule has 1 heterocycles. The number of anilines is 2. The van der Waals surface area contributed by atoms with Crippen molar-refractivity contribution in [2.45, 2.75) is 6.42 Å². The Labute approximate surface area is 138 Å². The van der Waals surface area contributed by atoms with Crippen LogP contribution in [0.1, 0.15) is 6.42 Å². The van der Waals surface area contributed by atoms with Crippen LogP contribution in [0.2, 0.25) is 0 Å². The lowest BCUT2D eigenvalue weighted by Gasteiger charge is -2.24. The van der Waals surface area contributed by atoms with E-state index in [1.807, 2.05) is 4.90 Å². The van der Waals surface area contributed by atoms with E-state index >= 15 is 0 Å². The smallest absolute Gasteiger partial charge is 0.295 e. The Morgan fingerprint density at radius 2 is 1.50 bits per heavy atom. The largest absolute Gasteiger partial charge is 0.370 e. The predicted octanol–water partition coefficient (Wildman–Crippen LogP) is 3.59. The highest BCUT2D eigenvalue weighted by Crippen LogP contribution is 2.30. The highest BCUT2D eigenvalue weighted by atomic mass is 19.1. The van der Waals surface area contributed by atoms with Crippen molar-refractivity contribution in [1.29, 1.82) is 0 Å². The third-order valence-electron chi connectivity index (χ3n) is 4.16. The Bertz CT molecular complexity index is 737. The molecule has 7 heteroatoms. The van der Waals surface area contributed by atoms with E-state index in [9.17, 15) is 18.9 Å². The molecule has 0 aliphatic carbocycles. The average Bonchev–Trinajstić information content (AvgIpc) is 2.81. The van der Waals surface area contributed by atoms with Crippen LogP contribution < -0.4 is 9.80 Å². The zero-order valence-electron chi connectivity index (χ0n) is 13.0. The summed E-state index contributed by atoms with van der Waals surface area (Å²) >= 11 is 0. The molecule has 2 aromatic carbocycles. The van der Waals surface area contributed by atoms with Crippen molar-refractivity contribution < 1.29 is 13.7 Å². The molecule has 0 aromatic heterocycles. The first-order valence-electron chi connectivity index (χ1n) is 7.74. The fourth-order valence-electron chi connectivity index (χ4n) is 2.98. The van der Waals surface area contributed by atoms with Crippen LogP contribution in [0, 0.1) is 21.7 Å². The minimum atomic E-state index is -0.617. The van der Waals surface area contributed by atoms with Gasteiger partial charge in [-0.3, -0.25) is 10.1 Å². The summed E-state index contributed by atoms with van der Waals surface area (Å²) < 4.78 is 26.4. The van der Waals surface area contributed by atoms with Gasteiger partial charge in [-0.25, -0.2) is 8.78 Å². The van der Waals surface area contributed by atoms with Gasteiger partial charge in [0, 0.05) is 31.9 Å². The monoisotopic (exact) mass is 333 g/mol. The highest BCUT2D eigenvalue weighted by molar-refractivity contribution is 5.63. The van der Waals surface area contributed by atoms with Crippen LogP contribution in [0.5, 0.6) is 0 Å². The van der Waals surface area contributed by atoms with Crippen LogP contribution in [0.3, 0.4) is 0 Å². The number of nitro benzene ring substituents is 1. The number of hydrogen-bond acceptors (Lipinski definition) is 4. The number of hydrogen-bond donors (Lipinski definition) is 0. The molecule has 1 aliphatic rings. The summed E-state index contributed by atoms with van der Waals surface area (Å²) in [4.78, 5) is 14.7. The summed E-state index contributed by atoms with van der Waals surface area (Å²) in [5, 5.41) is 11.2. The summed E-state index contributed by atoms with van der Waals surface area (Å²) in [6, 6.07) is 9.95. The molecule has 0 radical (unpaired) electrons. The van der Waals surface area contributed by atoms with Gasteiger partial charge >= 0.3 is 0 Å². The molecule has 0 spiro atoms.